The summed E-state index contributed by atoms with van der Waals surface area (Å²) in [5.74, 6) is -2.75. The third-order valence-electron chi connectivity index (χ3n) is 2.33. The van der Waals surface area contributed by atoms with Crippen LogP contribution in [0.2, 0.25) is 0 Å². The number of hydrogen-bond acceptors (Lipinski definition) is 6. The summed E-state index contributed by atoms with van der Waals surface area (Å²) in [6.45, 7) is 0.861. The van der Waals surface area contributed by atoms with E-state index in [1.807, 2.05) is 0 Å². The Hall–Kier alpha value is -1.27. The summed E-state index contributed by atoms with van der Waals surface area (Å²) in [5, 5.41) is 36.5. The molecule has 14 heavy (non-hydrogen) atoms. The topological polar surface area (TPSA) is 107 Å². The zero-order valence-corrected chi connectivity index (χ0v) is 7.60. The molecule has 0 bridgehead atoms. The lowest BCUT2D eigenvalue weighted by atomic mass is 9.92. The first-order chi connectivity index (χ1) is 6.49. The fourth-order valence-electron chi connectivity index (χ4n) is 1.41. The van der Waals surface area contributed by atoms with Crippen molar-refractivity contribution in [3.63, 3.8) is 0 Å². The van der Waals surface area contributed by atoms with Gasteiger partial charge in [0.1, 0.15) is 6.10 Å². The van der Waals surface area contributed by atoms with E-state index in [4.69, 9.17) is 10.2 Å². The average molecular weight is 204 g/mol. The fourth-order valence-corrected chi connectivity index (χ4v) is 1.41. The smallest absolute Gasteiger partial charge is 0.378 e. The highest BCUT2D eigenvalue weighted by molar-refractivity contribution is 5.89. The van der Waals surface area contributed by atoms with Gasteiger partial charge in [-0.25, -0.2) is 4.79 Å². The summed E-state index contributed by atoms with van der Waals surface area (Å²) in [4.78, 5) is 10.9. The maximum Gasteiger partial charge on any atom is 0.378 e. The van der Waals surface area contributed by atoms with Gasteiger partial charge in [0.05, 0.1) is 6.61 Å². The number of esters is 1. The summed E-state index contributed by atoms with van der Waals surface area (Å²) in [6, 6.07) is 0. The van der Waals surface area contributed by atoms with E-state index in [9.17, 15) is 15.0 Å². The van der Waals surface area contributed by atoms with Crippen LogP contribution in [0.4, 0.5) is 0 Å². The van der Waals surface area contributed by atoms with Crippen LogP contribution in [0.1, 0.15) is 13.3 Å². The van der Waals surface area contributed by atoms with Crippen LogP contribution in [0.15, 0.2) is 11.5 Å². The lowest BCUT2D eigenvalue weighted by Crippen LogP contribution is -2.46. The number of aliphatic hydroxyl groups is 4. The van der Waals surface area contributed by atoms with Gasteiger partial charge in [-0.1, -0.05) is 6.92 Å². The third-order valence-corrected chi connectivity index (χ3v) is 2.33. The Morgan fingerprint density at radius 3 is 2.36 bits per heavy atom. The van der Waals surface area contributed by atoms with Crippen LogP contribution >= 0.6 is 0 Å². The maximum absolute atomic E-state index is 10.9. The van der Waals surface area contributed by atoms with E-state index in [-0.39, 0.29) is 6.42 Å². The van der Waals surface area contributed by atoms with Crippen LogP contribution in [0.3, 0.4) is 0 Å². The summed E-state index contributed by atoms with van der Waals surface area (Å²) < 4.78 is 4.65. The van der Waals surface area contributed by atoms with Crippen LogP contribution in [0.5, 0.6) is 0 Å². The Kier molecular flexibility index (Phi) is 2.68. The Morgan fingerprint density at radius 1 is 1.50 bits per heavy atom. The second-order valence-corrected chi connectivity index (χ2v) is 3.03. The van der Waals surface area contributed by atoms with Gasteiger partial charge >= 0.3 is 5.97 Å². The summed E-state index contributed by atoms with van der Waals surface area (Å²) in [7, 11) is 0. The van der Waals surface area contributed by atoms with Crippen molar-refractivity contribution in [3.05, 3.63) is 11.5 Å². The van der Waals surface area contributed by atoms with Crippen LogP contribution in [0, 0.1) is 0 Å². The molecule has 0 radical (unpaired) electrons. The molecule has 0 fully saturated rings. The Labute approximate surface area is 80.1 Å². The molecule has 1 aliphatic heterocycles. The molecule has 6 nitrogen and oxygen atoms in total. The molecule has 4 N–H and O–H groups in total. The number of aliphatic hydroxyl groups excluding tert-OH is 4. The standard InChI is InChI=1S/C8H12O6/c1-2-8(4(10)3-9)6(12)5(11)7(13)14-8/h4,9-12H,2-3H2,1H3/t4-,8+/m0/s1. The van der Waals surface area contributed by atoms with E-state index in [2.05, 4.69) is 4.74 Å². The Balaban J connectivity index is 3.11. The number of carbonyl (C=O) groups excluding carboxylic acids is 1. The van der Waals surface area contributed by atoms with Gasteiger partial charge in [0.2, 0.25) is 11.4 Å². The molecule has 80 valence electrons. The minimum Gasteiger partial charge on any atom is -0.505 e. The predicted octanol–water partition coefficient (Wildman–Crippen LogP) is -0.627. The predicted molar refractivity (Wildman–Crippen MR) is 44.5 cm³/mol. The first kappa shape index (κ1) is 10.8. The van der Waals surface area contributed by atoms with Crippen molar-refractivity contribution in [2.24, 2.45) is 0 Å². The van der Waals surface area contributed by atoms with Gasteiger partial charge in [-0.2, -0.15) is 0 Å². The lowest BCUT2D eigenvalue weighted by Gasteiger charge is -2.30. The minimum atomic E-state index is -1.71. The quantitative estimate of drug-likeness (QED) is 0.456. The fraction of sp³-hybridized carbons (Fsp3) is 0.625. The normalized spacial score (nSPS) is 29.2. The van der Waals surface area contributed by atoms with Crippen molar-refractivity contribution in [1.29, 1.82) is 0 Å². The molecule has 0 aromatic rings. The van der Waals surface area contributed by atoms with Crippen molar-refractivity contribution >= 4 is 5.97 Å². The third kappa shape index (κ3) is 1.23. The van der Waals surface area contributed by atoms with Crippen LogP contribution in [-0.4, -0.2) is 44.7 Å². The Morgan fingerprint density at radius 2 is 2.07 bits per heavy atom. The van der Waals surface area contributed by atoms with E-state index in [1.165, 1.54) is 0 Å². The second kappa shape index (κ2) is 3.47. The monoisotopic (exact) mass is 204 g/mol. The zero-order valence-electron chi connectivity index (χ0n) is 7.60. The number of hydrogen-bond donors (Lipinski definition) is 4. The molecule has 0 amide bonds. The molecule has 0 aliphatic carbocycles. The van der Waals surface area contributed by atoms with Gasteiger partial charge in [-0.05, 0) is 6.42 Å². The van der Waals surface area contributed by atoms with Crippen molar-refractivity contribution in [3.8, 4) is 0 Å². The van der Waals surface area contributed by atoms with Gasteiger partial charge in [0.15, 0.2) is 5.76 Å². The van der Waals surface area contributed by atoms with E-state index in [1.54, 1.807) is 6.92 Å². The van der Waals surface area contributed by atoms with Gasteiger partial charge in [-0.3, -0.25) is 0 Å². The van der Waals surface area contributed by atoms with Crippen molar-refractivity contribution < 1.29 is 30.0 Å². The highest BCUT2D eigenvalue weighted by Gasteiger charge is 2.52. The second-order valence-electron chi connectivity index (χ2n) is 3.03. The van der Waals surface area contributed by atoms with Crippen LogP contribution in [-0.2, 0) is 9.53 Å². The Bertz CT molecular complexity index is 284. The summed E-state index contributed by atoms with van der Waals surface area (Å²) in [6.07, 6.45) is -1.41. The number of rotatable bonds is 3. The molecule has 2 atom stereocenters. The van der Waals surface area contributed by atoms with E-state index in [0.717, 1.165) is 0 Å². The van der Waals surface area contributed by atoms with Crippen molar-refractivity contribution in [1.82, 2.24) is 0 Å². The summed E-state index contributed by atoms with van der Waals surface area (Å²) >= 11 is 0. The molecule has 0 saturated heterocycles. The molecule has 0 unspecified atom stereocenters. The maximum atomic E-state index is 10.9. The highest BCUT2D eigenvalue weighted by Crippen LogP contribution is 2.35. The molecule has 0 aromatic carbocycles. The summed E-state index contributed by atoms with van der Waals surface area (Å²) in [5.41, 5.74) is -1.71. The first-order valence-corrected chi connectivity index (χ1v) is 4.14. The molecule has 0 spiro atoms. The lowest BCUT2D eigenvalue weighted by molar-refractivity contribution is -0.164. The van der Waals surface area contributed by atoms with Crippen LogP contribution < -0.4 is 0 Å². The largest absolute Gasteiger partial charge is 0.505 e. The van der Waals surface area contributed by atoms with E-state index < -0.39 is 35.8 Å². The average Bonchev–Trinajstić information content (AvgIpc) is 2.42. The zero-order chi connectivity index (χ0) is 10.9. The first-order valence-electron chi connectivity index (χ1n) is 4.14. The molecule has 1 aliphatic rings. The van der Waals surface area contributed by atoms with Crippen LogP contribution in [0.25, 0.3) is 0 Å². The van der Waals surface area contributed by atoms with Crippen molar-refractivity contribution in [2.45, 2.75) is 25.0 Å². The van der Waals surface area contributed by atoms with Crippen molar-refractivity contribution in [2.75, 3.05) is 6.61 Å². The molecular weight excluding hydrogens is 192 g/mol. The molecule has 0 aromatic heterocycles. The van der Waals surface area contributed by atoms with Gasteiger partial charge in [-0.15, -0.1) is 0 Å². The molecule has 1 rings (SSSR count). The number of carbonyl (C=O) groups is 1. The molecule has 0 saturated carbocycles. The highest BCUT2D eigenvalue weighted by atomic mass is 16.6. The molecule has 1 heterocycles. The number of cyclic esters (lactones) is 1. The number of ether oxygens (including phenoxy) is 1. The molecular formula is C8H12O6. The van der Waals surface area contributed by atoms with Gasteiger partial charge in [0.25, 0.3) is 0 Å². The van der Waals surface area contributed by atoms with E-state index in [0.29, 0.717) is 0 Å². The molecule has 6 heteroatoms. The van der Waals surface area contributed by atoms with Gasteiger partial charge < -0.3 is 25.2 Å². The van der Waals surface area contributed by atoms with E-state index >= 15 is 0 Å². The minimum absolute atomic E-state index is 0.0519. The SMILES string of the molecule is CC[C@]1([C@@H](O)CO)OC(=O)C(O)=C1O. The van der Waals surface area contributed by atoms with Gasteiger partial charge in [0, 0.05) is 0 Å².